The first-order valence-electron chi connectivity index (χ1n) is 7.67. The lowest BCUT2D eigenvalue weighted by molar-refractivity contribution is 0.319. The fraction of sp³-hybridized carbons (Fsp3) is 0.733. The predicted octanol–water partition coefficient (Wildman–Crippen LogP) is 3.80. The molecular formula is C15H24BrN3O. The Kier molecular flexibility index (Phi) is 5.64. The summed E-state index contributed by atoms with van der Waals surface area (Å²) < 4.78 is 2.07. The lowest BCUT2D eigenvalue weighted by Crippen LogP contribution is -2.29. The highest BCUT2D eigenvalue weighted by molar-refractivity contribution is 9.10. The number of halogens is 1. The molecule has 20 heavy (non-hydrogen) atoms. The van der Waals surface area contributed by atoms with Crippen LogP contribution in [0.15, 0.2) is 15.5 Å². The van der Waals surface area contributed by atoms with Gasteiger partial charge >= 0.3 is 0 Å². The van der Waals surface area contributed by atoms with Gasteiger partial charge in [-0.15, -0.1) is 0 Å². The van der Waals surface area contributed by atoms with E-state index in [2.05, 4.69) is 33.3 Å². The van der Waals surface area contributed by atoms with E-state index < -0.39 is 0 Å². The van der Waals surface area contributed by atoms with E-state index in [1.807, 2.05) is 6.92 Å². The minimum Gasteiger partial charge on any atom is -0.380 e. The minimum absolute atomic E-state index is 0.0582. The lowest BCUT2D eigenvalue weighted by Gasteiger charge is -2.29. The molecule has 1 aromatic rings. The molecule has 1 fully saturated rings. The van der Waals surface area contributed by atoms with Crippen molar-refractivity contribution in [3.8, 4) is 0 Å². The molecule has 0 radical (unpaired) electrons. The predicted molar refractivity (Wildman–Crippen MR) is 86.1 cm³/mol. The Morgan fingerprint density at radius 1 is 1.35 bits per heavy atom. The highest BCUT2D eigenvalue weighted by Crippen LogP contribution is 2.30. The molecule has 1 heterocycles. The van der Waals surface area contributed by atoms with Gasteiger partial charge in [0.2, 0.25) is 0 Å². The quantitative estimate of drug-likeness (QED) is 0.885. The van der Waals surface area contributed by atoms with Gasteiger partial charge < -0.3 is 5.32 Å². The van der Waals surface area contributed by atoms with Crippen LogP contribution in [0.4, 0.5) is 5.69 Å². The first kappa shape index (κ1) is 15.5. The summed E-state index contributed by atoms with van der Waals surface area (Å²) in [7, 11) is 0. The van der Waals surface area contributed by atoms with Gasteiger partial charge in [0.05, 0.1) is 11.9 Å². The number of nitrogens with zero attached hydrogens (tertiary/aromatic N) is 2. The molecule has 0 aromatic carbocycles. The largest absolute Gasteiger partial charge is 0.380 e. The molecule has 5 heteroatoms. The van der Waals surface area contributed by atoms with E-state index in [1.165, 1.54) is 43.2 Å². The summed E-state index contributed by atoms with van der Waals surface area (Å²) in [4.78, 5) is 12.0. The zero-order chi connectivity index (χ0) is 14.5. The average Bonchev–Trinajstić information content (AvgIpc) is 2.46. The van der Waals surface area contributed by atoms with Crippen molar-refractivity contribution in [3.05, 3.63) is 21.0 Å². The van der Waals surface area contributed by atoms with Gasteiger partial charge in [-0.25, -0.2) is 4.68 Å². The summed E-state index contributed by atoms with van der Waals surface area (Å²) >= 11 is 3.40. The molecule has 2 rings (SSSR count). The number of aryl methyl sites for hydroxylation is 1. The van der Waals surface area contributed by atoms with Crippen molar-refractivity contribution in [2.75, 3.05) is 5.32 Å². The van der Waals surface area contributed by atoms with Crippen LogP contribution in [0.5, 0.6) is 0 Å². The molecule has 0 amide bonds. The minimum atomic E-state index is -0.0582. The Morgan fingerprint density at radius 2 is 2.05 bits per heavy atom. The first-order valence-corrected chi connectivity index (χ1v) is 8.47. The van der Waals surface area contributed by atoms with Crippen LogP contribution in [-0.2, 0) is 6.54 Å². The smallest absolute Gasteiger partial charge is 0.283 e. The molecule has 1 N–H and O–H groups in total. The van der Waals surface area contributed by atoms with Crippen molar-refractivity contribution in [2.45, 2.75) is 65.0 Å². The third kappa shape index (κ3) is 3.62. The summed E-state index contributed by atoms with van der Waals surface area (Å²) in [5.41, 5.74) is 0.774. The maximum Gasteiger partial charge on any atom is 0.283 e. The highest BCUT2D eigenvalue weighted by Gasteiger charge is 2.21. The van der Waals surface area contributed by atoms with Gasteiger partial charge in [-0.3, -0.25) is 4.79 Å². The van der Waals surface area contributed by atoms with Gasteiger partial charge in [-0.05, 0) is 54.5 Å². The molecule has 1 aliphatic carbocycles. The second-order valence-electron chi connectivity index (χ2n) is 5.64. The number of rotatable bonds is 5. The monoisotopic (exact) mass is 341 g/mol. The van der Waals surface area contributed by atoms with E-state index in [9.17, 15) is 4.79 Å². The summed E-state index contributed by atoms with van der Waals surface area (Å²) in [5.74, 6) is 0.896. The molecule has 112 valence electrons. The summed E-state index contributed by atoms with van der Waals surface area (Å²) in [6, 6.07) is 0.470. The SMILES string of the molecule is CCCC1CCC(Nc2cnn(CC)c(=O)c2Br)CC1. The van der Waals surface area contributed by atoms with Crippen LogP contribution in [0.1, 0.15) is 52.4 Å². The fourth-order valence-corrected chi connectivity index (χ4v) is 3.44. The third-order valence-corrected chi connectivity index (χ3v) is 4.95. The molecule has 0 atom stereocenters. The molecule has 0 spiro atoms. The molecule has 1 aromatic heterocycles. The third-order valence-electron chi connectivity index (χ3n) is 4.19. The number of aromatic nitrogens is 2. The zero-order valence-electron chi connectivity index (χ0n) is 12.4. The summed E-state index contributed by atoms with van der Waals surface area (Å²) in [5, 5.41) is 7.66. The first-order chi connectivity index (χ1) is 9.65. The van der Waals surface area contributed by atoms with Crippen molar-refractivity contribution in [2.24, 2.45) is 5.92 Å². The molecule has 0 aliphatic heterocycles. The molecule has 0 bridgehead atoms. The maximum absolute atomic E-state index is 12.0. The van der Waals surface area contributed by atoms with E-state index in [4.69, 9.17) is 0 Å². The standard InChI is InChI=1S/C15H24BrN3O/c1-3-5-11-6-8-12(9-7-11)18-13-10-17-19(4-2)15(20)14(13)16/h10-12,18H,3-9H2,1-2H3. The lowest BCUT2D eigenvalue weighted by atomic mass is 9.83. The molecule has 1 aliphatic rings. The summed E-state index contributed by atoms with van der Waals surface area (Å²) in [6.07, 6.45) is 9.36. The zero-order valence-corrected chi connectivity index (χ0v) is 13.9. The average molecular weight is 342 g/mol. The van der Waals surface area contributed by atoms with Crippen LogP contribution in [0.3, 0.4) is 0 Å². The van der Waals surface area contributed by atoms with Crippen LogP contribution in [0.25, 0.3) is 0 Å². The van der Waals surface area contributed by atoms with Crippen molar-refractivity contribution in [1.82, 2.24) is 9.78 Å². The normalized spacial score (nSPS) is 22.8. The van der Waals surface area contributed by atoms with Crippen LogP contribution < -0.4 is 10.9 Å². The van der Waals surface area contributed by atoms with Gasteiger partial charge in [0.25, 0.3) is 5.56 Å². The van der Waals surface area contributed by atoms with Crippen molar-refractivity contribution in [3.63, 3.8) is 0 Å². The number of hydrogen-bond acceptors (Lipinski definition) is 3. The van der Waals surface area contributed by atoms with Crippen LogP contribution in [0, 0.1) is 5.92 Å². The fourth-order valence-electron chi connectivity index (χ4n) is 3.01. The number of anilines is 1. The second kappa shape index (κ2) is 7.25. The van der Waals surface area contributed by atoms with E-state index in [-0.39, 0.29) is 5.56 Å². The Labute approximate surface area is 129 Å². The maximum atomic E-state index is 12.0. The van der Waals surface area contributed by atoms with Gasteiger partial charge in [-0.2, -0.15) is 5.10 Å². The van der Waals surface area contributed by atoms with Crippen LogP contribution >= 0.6 is 15.9 Å². The van der Waals surface area contributed by atoms with Gasteiger partial charge in [0.15, 0.2) is 0 Å². The van der Waals surface area contributed by atoms with Gasteiger partial charge in [0, 0.05) is 12.6 Å². The number of nitrogens with one attached hydrogen (secondary N) is 1. The second-order valence-corrected chi connectivity index (χ2v) is 6.44. The Balaban J connectivity index is 1.98. The molecule has 0 unspecified atom stereocenters. The van der Waals surface area contributed by atoms with E-state index >= 15 is 0 Å². The highest BCUT2D eigenvalue weighted by atomic mass is 79.9. The van der Waals surface area contributed by atoms with E-state index in [0.29, 0.717) is 17.1 Å². The molecule has 0 saturated heterocycles. The summed E-state index contributed by atoms with van der Waals surface area (Å²) in [6.45, 7) is 4.78. The van der Waals surface area contributed by atoms with E-state index in [0.717, 1.165) is 11.6 Å². The Bertz CT molecular complexity index is 492. The molecule has 1 saturated carbocycles. The molecular weight excluding hydrogens is 318 g/mol. The Hall–Kier alpha value is -0.840. The topological polar surface area (TPSA) is 46.9 Å². The van der Waals surface area contributed by atoms with Crippen molar-refractivity contribution in [1.29, 1.82) is 0 Å². The van der Waals surface area contributed by atoms with Crippen molar-refractivity contribution < 1.29 is 0 Å². The van der Waals surface area contributed by atoms with Gasteiger partial charge in [-0.1, -0.05) is 19.8 Å². The van der Waals surface area contributed by atoms with Gasteiger partial charge in [0.1, 0.15) is 4.47 Å². The van der Waals surface area contributed by atoms with Crippen LogP contribution in [-0.4, -0.2) is 15.8 Å². The van der Waals surface area contributed by atoms with Crippen LogP contribution in [0.2, 0.25) is 0 Å². The number of hydrogen-bond donors (Lipinski definition) is 1. The van der Waals surface area contributed by atoms with Crippen molar-refractivity contribution >= 4 is 21.6 Å². The molecule has 4 nitrogen and oxygen atoms in total. The van der Waals surface area contributed by atoms with E-state index in [1.54, 1.807) is 6.20 Å². The Morgan fingerprint density at radius 3 is 2.65 bits per heavy atom.